The van der Waals surface area contributed by atoms with Crippen LogP contribution in [0.15, 0.2) is 261 Å². The second-order valence-corrected chi connectivity index (χ2v) is 18.6. The maximum atomic E-state index is 2.53. The summed E-state index contributed by atoms with van der Waals surface area (Å²) in [4.78, 5) is 2.53. The molecule has 1 aliphatic carbocycles. The van der Waals surface area contributed by atoms with Gasteiger partial charge in [-0.05, 0) is 120 Å². The van der Waals surface area contributed by atoms with E-state index in [1.54, 1.807) is 0 Å². The zero-order chi connectivity index (χ0) is 44.3. The fourth-order valence-corrected chi connectivity index (χ4v) is 12.2. The van der Waals surface area contributed by atoms with E-state index in [-0.39, 0.29) is 0 Å². The Morgan fingerprint density at radius 2 is 0.866 bits per heavy atom. The van der Waals surface area contributed by atoms with E-state index in [0.29, 0.717) is 0 Å². The van der Waals surface area contributed by atoms with Crippen molar-refractivity contribution < 1.29 is 0 Å². The Hall–Kier alpha value is -8.30. The molecule has 0 saturated heterocycles. The molecule has 2 heteroatoms. The minimum atomic E-state index is -0.542. The Kier molecular flexibility index (Phi) is 9.33. The van der Waals surface area contributed by atoms with E-state index in [9.17, 15) is 0 Å². The van der Waals surface area contributed by atoms with Gasteiger partial charge in [-0.3, -0.25) is 0 Å². The van der Waals surface area contributed by atoms with Crippen LogP contribution in [0.25, 0.3) is 75.5 Å². The number of fused-ring (bicyclic) bond motifs is 7. The maximum Gasteiger partial charge on any atom is 0.0714 e. The highest BCUT2D eigenvalue weighted by Gasteiger charge is 2.46. The number of hydrogen-bond donors (Lipinski definition) is 0. The fourth-order valence-electron chi connectivity index (χ4n) is 10.9. The summed E-state index contributed by atoms with van der Waals surface area (Å²) in [6, 6.07) is 96.5. The minimum Gasteiger partial charge on any atom is -0.309 e. The van der Waals surface area contributed by atoms with Crippen LogP contribution >= 0.6 is 11.3 Å². The summed E-state index contributed by atoms with van der Waals surface area (Å²) in [5, 5.41) is 5.01. The Morgan fingerprint density at radius 3 is 1.60 bits per heavy atom. The van der Waals surface area contributed by atoms with Crippen molar-refractivity contribution in [3.05, 3.63) is 283 Å². The Labute approximate surface area is 395 Å². The van der Waals surface area contributed by atoms with Crippen LogP contribution in [0.4, 0.5) is 17.1 Å². The molecule has 0 bridgehead atoms. The first-order chi connectivity index (χ1) is 33.2. The second-order valence-electron chi connectivity index (χ2n) is 17.6. The van der Waals surface area contributed by atoms with Gasteiger partial charge >= 0.3 is 0 Å². The number of hydrogen-bond acceptors (Lipinski definition) is 2. The standard InChI is InChI=1S/C65H43NS/c1-5-18-44(19-6-1)50-41-59-58-30-17-29-55(47-21-7-2-8-22-47)63(58)67-64(59)62(42-50)66(53-36-34-46(35-37-53)49-33-32-45-20-13-14-23-48(45)40-49)54-38-39-57-56-28-15-16-31-60(56)65(61(57)43-54,51-24-9-3-10-25-51)52-26-11-4-12-27-52/h1-43H. The number of thiophene rings is 1. The van der Waals surface area contributed by atoms with Gasteiger partial charge in [0.1, 0.15) is 0 Å². The van der Waals surface area contributed by atoms with Gasteiger partial charge in [0.2, 0.25) is 0 Å². The smallest absolute Gasteiger partial charge is 0.0714 e. The van der Waals surface area contributed by atoms with Crippen LogP contribution in [0.5, 0.6) is 0 Å². The molecule has 0 atom stereocenters. The van der Waals surface area contributed by atoms with Gasteiger partial charge in [-0.2, -0.15) is 0 Å². The average Bonchev–Trinajstić information content (AvgIpc) is 3.94. The molecule has 1 heterocycles. The van der Waals surface area contributed by atoms with Crippen LogP contribution < -0.4 is 4.90 Å². The van der Waals surface area contributed by atoms with Crippen molar-refractivity contribution in [3.63, 3.8) is 0 Å². The summed E-state index contributed by atoms with van der Waals surface area (Å²) in [6.45, 7) is 0. The largest absolute Gasteiger partial charge is 0.309 e. The van der Waals surface area contributed by atoms with Crippen molar-refractivity contribution in [2.45, 2.75) is 5.41 Å². The molecule has 0 radical (unpaired) electrons. The quantitative estimate of drug-likeness (QED) is 0.147. The van der Waals surface area contributed by atoms with Crippen molar-refractivity contribution in [1.29, 1.82) is 0 Å². The Morgan fingerprint density at radius 1 is 0.299 bits per heavy atom. The molecule has 0 unspecified atom stereocenters. The monoisotopic (exact) mass is 869 g/mol. The van der Waals surface area contributed by atoms with Gasteiger partial charge in [-0.1, -0.05) is 218 Å². The molecular formula is C65H43NS. The topological polar surface area (TPSA) is 3.24 Å². The lowest BCUT2D eigenvalue weighted by Gasteiger charge is -2.35. The summed E-state index contributed by atoms with van der Waals surface area (Å²) in [5.74, 6) is 0. The number of anilines is 3. The number of rotatable bonds is 8. The molecule has 0 spiro atoms. The Bertz CT molecular complexity index is 3740. The van der Waals surface area contributed by atoms with Gasteiger partial charge in [-0.15, -0.1) is 11.3 Å². The molecule has 0 N–H and O–H groups in total. The van der Waals surface area contributed by atoms with Crippen LogP contribution in [-0.4, -0.2) is 0 Å². The van der Waals surface area contributed by atoms with Crippen molar-refractivity contribution in [3.8, 4) is 44.5 Å². The molecule has 67 heavy (non-hydrogen) atoms. The van der Waals surface area contributed by atoms with Gasteiger partial charge < -0.3 is 4.90 Å². The van der Waals surface area contributed by atoms with Crippen LogP contribution in [0.2, 0.25) is 0 Å². The van der Waals surface area contributed by atoms with Gasteiger partial charge in [-0.25, -0.2) is 0 Å². The molecule has 11 aromatic carbocycles. The molecule has 1 aromatic heterocycles. The summed E-state index contributed by atoms with van der Waals surface area (Å²) >= 11 is 1.90. The number of nitrogens with zero attached hydrogens (tertiary/aromatic N) is 1. The van der Waals surface area contributed by atoms with Crippen molar-refractivity contribution in [2.75, 3.05) is 4.90 Å². The average molecular weight is 870 g/mol. The van der Waals surface area contributed by atoms with Crippen molar-refractivity contribution >= 4 is 59.3 Å². The third-order valence-electron chi connectivity index (χ3n) is 13.9. The summed E-state index contributed by atoms with van der Waals surface area (Å²) in [7, 11) is 0. The van der Waals surface area contributed by atoms with E-state index in [4.69, 9.17) is 0 Å². The van der Waals surface area contributed by atoms with Crippen LogP contribution in [0.1, 0.15) is 22.3 Å². The first-order valence-electron chi connectivity index (χ1n) is 23.1. The maximum absolute atomic E-state index is 2.53. The minimum absolute atomic E-state index is 0.542. The molecule has 0 saturated carbocycles. The highest BCUT2D eigenvalue weighted by Crippen LogP contribution is 2.58. The highest BCUT2D eigenvalue weighted by atomic mass is 32.1. The van der Waals surface area contributed by atoms with Gasteiger partial charge in [0.25, 0.3) is 0 Å². The first kappa shape index (κ1) is 39.1. The van der Waals surface area contributed by atoms with Gasteiger partial charge in [0, 0.05) is 26.8 Å². The summed E-state index contributed by atoms with van der Waals surface area (Å²) in [5.41, 5.74) is 17.7. The lowest BCUT2D eigenvalue weighted by Crippen LogP contribution is -2.28. The number of benzene rings is 11. The predicted molar refractivity (Wildman–Crippen MR) is 285 cm³/mol. The highest BCUT2D eigenvalue weighted by molar-refractivity contribution is 7.27. The third-order valence-corrected chi connectivity index (χ3v) is 15.2. The molecule has 12 aromatic rings. The SMILES string of the molecule is c1ccc(-c2cc(N(c3ccc(-c4ccc5ccccc5c4)cc3)c3ccc4c(c3)C(c3ccccc3)(c3ccccc3)c3ccccc3-4)c3sc4c(-c5ccccc5)cccc4c3c2)cc1. The summed E-state index contributed by atoms with van der Waals surface area (Å²) in [6.07, 6.45) is 0. The molecule has 1 nitrogen and oxygen atoms in total. The lowest BCUT2D eigenvalue weighted by atomic mass is 9.67. The fraction of sp³-hybridized carbons (Fsp3) is 0.0154. The molecule has 0 aliphatic heterocycles. The molecule has 1 aliphatic rings. The van der Waals surface area contributed by atoms with E-state index in [1.165, 1.54) is 97.7 Å². The normalized spacial score (nSPS) is 12.6. The summed E-state index contributed by atoms with van der Waals surface area (Å²) < 4.78 is 2.54. The van der Waals surface area contributed by atoms with Gasteiger partial charge in [0.15, 0.2) is 0 Å². The lowest BCUT2D eigenvalue weighted by molar-refractivity contribution is 0.768. The molecule has 13 rings (SSSR count). The molecule has 0 amide bonds. The van der Waals surface area contributed by atoms with E-state index >= 15 is 0 Å². The molecular weight excluding hydrogens is 827 g/mol. The third kappa shape index (κ3) is 6.37. The van der Waals surface area contributed by atoms with Crippen LogP contribution in [0, 0.1) is 0 Å². The molecule has 314 valence electrons. The van der Waals surface area contributed by atoms with Crippen molar-refractivity contribution in [1.82, 2.24) is 0 Å². The van der Waals surface area contributed by atoms with E-state index < -0.39 is 5.41 Å². The van der Waals surface area contributed by atoms with Crippen LogP contribution in [0.3, 0.4) is 0 Å². The van der Waals surface area contributed by atoms with E-state index in [0.717, 1.165) is 17.1 Å². The predicted octanol–water partition coefficient (Wildman–Crippen LogP) is 18.0. The van der Waals surface area contributed by atoms with E-state index in [2.05, 4.69) is 266 Å². The Balaban J connectivity index is 1.10. The van der Waals surface area contributed by atoms with Crippen molar-refractivity contribution in [2.24, 2.45) is 0 Å². The second kappa shape index (κ2) is 16.0. The van der Waals surface area contributed by atoms with Gasteiger partial charge in [0.05, 0.1) is 15.8 Å². The zero-order valence-electron chi connectivity index (χ0n) is 36.7. The van der Waals surface area contributed by atoms with E-state index in [1.807, 2.05) is 11.3 Å². The first-order valence-corrected chi connectivity index (χ1v) is 23.9. The molecule has 0 fully saturated rings. The van der Waals surface area contributed by atoms with Crippen LogP contribution in [-0.2, 0) is 5.41 Å². The zero-order valence-corrected chi connectivity index (χ0v) is 37.5.